The minimum Gasteiger partial charge on any atom is -0.710 e. The zero-order valence-electron chi connectivity index (χ0n) is 14.0. The maximum Gasteiger partial charge on any atom is 0.361 e. The Morgan fingerprint density at radius 2 is 2.12 bits per heavy atom. The molecule has 6 nitrogen and oxygen atoms in total. The van der Waals surface area contributed by atoms with Gasteiger partial charge >= 0.3 is 5.97 Å². The maximum atomic E-state index is 15.2. The van der Waals surface area contributed by atoms with E-state index >= 15 is 4.48 Å². The van der Waals surface area contributed by atoms with Crippen LogP contribution in [-0.2, 0) is 9.53 Å². The minimum atomic E-state index is -1.21. The number of piperidine rings is 1. The van der Waals surface area contributed by atoms with Gasteiger partial charge in [-0.05, 0) is 58.1 Å². The molecular formula is C16H22FN3O3S. The maximum absolute atomic E-state index is 15.2. The van der Waals surface area contributed by atoms with E-state index in [4.69, 9.17) is 4.74 Å². The normalized spacial score (nSPS) is 22.5. The van der Waals surface area contributed by atoms with Gasteiger partial charge in [0, 0.05) is 4.48 Å². The molecule has 8 heteroatoms. The van der Waals surface area contributed by atoms with Crippen LogP contribution in [0.4, 0.5) is 10.2 Å². The summed E-state index contributed by atoms with van der Waals surface area (Å²) < 4.78 is 21.2. The number of carbonyl (C=O) groups excluding carboxylic acids is 1. The van der Waals surface area contributed by atoms with Crippen LogP contribution in [0.5, 0.6) is 0 Å². The fraction of sp³-hybridized carbons (Fsp3) is 0.625. The summed E-state index contributed by atoms with van der Waals surface area (Å²) in [4.78, 5) is 13.0. The van der Waals surface area contributed by atoms with Gasteiger partial charge in [0.25, 0.3) is 11.9 Å². The van der Waals surface area contributed by atoms with Crippen LogP contribution in [0.2, 0.25) is 0 Å². The number of halogens is 1. The van der Waals surface area contributed by atoms with Crippen molar-refractivity contribution in [2.45, 2.75) is 45.3 Å². The molecule has 0 spiro atoms. The van der Waals surface area contributed by atoms with Gasteiger partial charge in [-0.1, -0.05) is 5.12 Å². The van der Waals surface area contributed by atoms with Gasteiger partial charge in [-0.25, -0.2) is 9.53 Å². The summed E-state index contributed by atoms with van der Waals surface area (Å²) in [5, 5.41) is 17.9. The predicted octanol–water partition coefficient (Wildman–Crippen LogP) is 2.87. The number of amidine groups is 1. The Hall–Kier alpha value is -1.67. The summed E-state index contributed by atoms with van der Waals surface area (Å²) in [6.07, 6.45) is 1.32. The number of ether oxygens (including phenoxy) is 1. The van der Waals surface area contributed by atoms with Crippen molar-refractivity contribution in [1.82, 2.24) is 10.4 Å². The first-order chi connectivity index (χ1) is 11.3. The molecule has 24 heavy (non-hydrogen) atoms. The van der Waals surface area contributed by atoms with Gasteiger partial charge in [0.1, 0.15) is 16.2 Å². The molecule has 1 atom stereocenters. The molecule has 1 fully saturated rings. The van der Waals surface area contributed by atoms with Crippen molar-refractivity contribution >= 4 is 28.8 Å². The second-order valence-electron chi connectivity index (χ2n) is 7.09. The number of carbonyl (C=O) groups is 1. The van der Waals surface area contributed by atoms with Crippen LogP contribution in [0, 0.1) is 11.1 Å². The Bertz CT molecular complexity index is 662. The highest BCUT2D eigenvalue weighted by Gasteiger charge is 2.49. The fourth-order valence-electron chi connectivity index (χ4n) is 3.11. The summed E-state index contributed by atoms with van der Waals surface area (Å²) in [6, 6.07) is 0.424. The average Bonchev–Trinajstić information content (AvgIpc) is 2.96. The Morgan fingerprint density at radius 3 is 2.75 bits per heavy atom. The van der Waals surface area contributed by atoms with Gasteiger partial charge in [-0.15, -0.1) is 11.3 Å². The third-order valence-corrected chi connectivity index (χ3v) is 5.09. The van der Waals surface area contributed by atoms with Crippen LogP contribution in [0.25, 0.3) is 0 Å². The molecule has 0 saturated carbocycles. The zero-order chi connectivity index (χ0) is 17.5. The Labute approximate surface area is 144 Å². The van der Waals surface area contributed by atoms with Crippen molar-refractivity contribution in [2.75, 3.05) is 13.1 Å². The third kappa shape index (κ3) is 3.12. The van der Waals surface area contributed by atoms with E-state index in [2.05, 4.69) is 5.32 Å². The third-order valence-electron chi connectivity index (χ3n) is 4.13. The van der Waals surface area contributed by atoms with E-state index in [-0.39, 0.29) is 11.8 Å². The summed E-state index contributed by atoms with van der Waals surface area (Å²) >= 11 is 1.19. The SMILES string of the molecule is CC(C)(C)OC(=O)C1c2sccc2[N+]([O-])=C(C2CCNCC2)N1F. The van der Waals surface area contributed by atoms with Crippen LogP contribution in [0.1, 0.15) is 44.5 Å². The summed E-state index contributed by atoms with van der Waals surface area (Å²) in [5.41, 5.74) is -0.378. The molecule has 0 radical (unpaired) electrons. The smallest absolute Gasteiger partial charge is 0.361 e. The van der Waals surface area contributed by atoms with E-state index in [1.54, 1.807) is 32.2 Å². The molecule has 0 aliphatic carbocycles. The number of nitrogens with zero attached hydrogens (tertiary/aromatic N) is 2. The minimum absolute atomic E-state index is 0.0123. The first-order valence-electron chi connectivity index (χ1n) is 8.09. The standard InChI is InChI=1S/C16H22FN3O3S/c1-16(2,3)23-15(21)12-13-11(6-9-24-13)20(22)14(19(12)17)10-4-7-18-8-5-10/h6,9-10,12,18H,4-5,7-8H2,1-3H3. The van der Waals surface area contributed by atoms with Crippen molar-refractivity contribution in [2.24, 2.45) is 5.92 Å². The molecular weight excluding hydrogens is 333 g/mol. The molecule has 1 aromatic rings. The first kappa shape index (κ1) is 17.2. The monoisotopic (exact) mass is 355 g/mol. The molecule has 1 saturated heterocycles. The molecule has 1 N–H and O–H groups in total. The Morgan fingerprint density at radius 1 is 1.46 bits per heavy atom. The van der Waals surface area contributed by atoms with E-state index in [1.807, 2.05) is 0 Å². The molecule has 2 aliphatic rings. The second-order valence-corrected chi connectivity index (χ2v) is 8.04. The number of hydrogen-bond donors (Lipinski definition) is 1. The quantitative estimate of drug-likeness (QED) is 0.382. The molecule has 2 aliphatic heterocycles. The lowest BCUT2D eigenvalue weighted by molar-refractivity contribution is -0.384. The van der Waals surface area contributed by atoms with Crippen molar-refractivity contribution in [1.29, 1.82) is 0 Å². The molecule has 3 rings (SSSR count). The lowest BCUT2D eigenvalue weighted by atomic mass is 9.94. The van der Waals surface area contributed by atoms with Crippen molar-refractivity contribution in [3.8, 4) is 0 Å². The Balaban J connectivity index is 1.99. The molecule has 3 heterocycles. The molecule has 0 amide bonds. The van der Waals surface area contributed by atoms with Crippen molar-refractivity contribution < 1.29 is 18.8 Å². The highest BCUT2D eigenvalue weighted by atomic mass is 32.1. The van der Waals surface area contributed by atoms with Gasteiger partial charge in [0.15, 0.2) is 0 Å². The fourth-order valence-corrected chi connectivity index (χ4v) is 4.04. The predicted molar refractivity (Wildman–Crippen MR) is 89.7 cm³/mol. The Kier molecular flexibility index (Phi) is 4.52. The van der Waals surface area contributed by atoms with Gasteiger partial charge in [-0.3, -0.25) is 0 Å². The van der Waals surface area contributed by atoms with Gasteiger partial charge in [0.2, 0.25) is 0 Å². The number of nitrogens with one attached hydrogen (secondary N) is 1. The van der Waals surface area contributed by atoms with E-state index < -0.39 is 17.6 Å². The molecule has 132 valence electrons. The molecule has 1 unspecified atom stereocenters. The van der Waals surface area contributed by atoms with Crippen molar-refractivity contribution in [3.63, 3.8) is 0 Å². The first-order valence-corrected chi connectivity index (χ1v) is 8.97. The highest BCUT2D eigenvalue weighted by Crippen LogP contribution is 2.41. The van der Waals surface area contributed by atoms with Crippen LogP contribution in [0.3, 0.4) is 0 Å². The van der Waals surface area contributed by atoms with Gasteiger partial charge in [-0.2, -0.15) is 0 Å². The van der Waals surface area contributed by atoms with Crippen LogP contribution >= 0.6 is 11.3 Å². The number of rotatable bonds is 2. The second kappa shape index (κ2) is 6.33. The average molecular weight is 355 g/mol. The van der Waals surface area contributed by atoms with Gasteiger partial charge < -0.3 is 15.3 Å². The van der Waals surface area contributed by atoms with Crippen molar-refractivity contribution in [3.05, 3.63) is 21.5 Å². The molecule has 0 aromatic carbocycles. The summed E-state index contributed by atoms with van der Waals surface area (Å²) in [7, 11) is 0. The highest BCUT2D eigenvalue weighted by molar-refractivity contribution is 7.10. The largest absolute Gasteiger partial charge is 0.710 e. The number of esters is 1. The van der Waals surface area contributed by atoms with E-state index in [1.165, 1.54) is 11.3 Å². The van der Waals surface area contributed by atoms with E-state index in [9.17, 15) is 10.0 Å². The molecule has 1 aromatic heterocycles. The lowest BCUT2D eigenvalue weighted by Gasteiger charge is -2.32. The van der Waals surface area contributed by atoms with Crippen LogP contribution < -0.4 is 5.32 Å². The number of hydrogen-bond acceptors (Lipinski definition) is 6. The van der Waals surface area contributed by atoms with E-state index in [0.717, 1.165) is 13.1 Å². The van der Waals surface area contributed by atoms with E-state index in [0.29, 0.717) is 33.3 Å². The number of fused-ring (bicyclic) bond motifs is 1. The topological polar surface area (TPSA) is 67.6 Å². The summed E-state index contributed by atoms with van der Waals surface area (Å²) in [6.45, 7) is 6.67. The van der Waals surface area contributed by atoms with Crippen LogP contribution in [-0.4, -0.2) is 40.4 Å². The lowest BCUT2D eigenvalue weighted by Crippen LogP contribution is -2.47. The number of thiophene rings is 1. The van der Waals surface area contributed by atoms with Gasteiger partial charge in [0.05, 0.1) is 5.92 Å². The zero-order valence-corrected chi connectivity index (χ0v) is 14.9. The summed E-state index contributed by atoms with van der Waals surface area (Å²) in [5.74, 6) is -0.877. The molecule has 0 bridgehead atoms. The van der Waals surface area contributed by atoms with Crippen LogP contribution in [0.15, 0.2) is 11.4 Å².